The van der Waals surface area contributed by atoms with Gasteiger partial charge in [0, 0.05) is 24.2 Å². The van der Waals surface area contributed by atoms with E-state index in [2.05, 4.69) is 0 Å². The van der Waals surface area contributed by atoms with Gasteiger partial charge in [-0.25, -0.2) is 8.42 Å². The highest BCUT2D eigenvalue weighted by atomic mass is 32.2. The average Bonchev–Trinajstić information content (AvgIpc) is 2.35. The van der Waals surface area contributed by atoms with Crippen LogP contribution in [0.5, 0.6) is 0 Å². The molecular weight excluding hydrogens is 272 g/mol. The molecule has 1 fully saturated rings. The van der Waals surface area contributed by atoms with Crippen molar-refractivity contribution in [3.05, 3.63) is 36.4 Å². The first-order valence-corrected chi connectivity index (χ1v) is 8.20. The zero-order valence-electron chi connectivity index (χ0n) is 11.4. The lowest BCUT2D eigenvalue weighted by Crippen LogP contribution is -2.41. The molecule has 1 aliphatic rings. The lowest BCUT2D eigenvalue weighted by atomic mass is 9.94. The summed E-state index contributed by atoms with van der Waals surface area (Å²) < 4.78 is 27.0. The third-order valence-corrected chi connectivity index (χ3v) is 6.08. The molecule has 2 aromatic carbocycles. The quantitative estimate of drug-likeness (QED) is 0.884. The van der Waals surface area contributed by atoms with Crippen LogP contribution in [0, 0.1) is 0 Å². The summed E-state index contributed by atoms with van der Waals surface area (Å²) in [6.45, 7) is 0. The molecule has 0 aromatic heterocycles. The van der Waals surface area contributed by atoms with Gasteiger partial charge in [0.2, 0.25) is 10.0 Å². The highest BCUT2D eigenvalue weighted by Gasteiger charge is 2.32. The zero-order chi connectivity index (χ0) is 14.3. The molecule has 5 heteroatoms. The van der Waals surface area contributed by atoms with Crippen molar-refractivity contribution in [2.24, 2.45) is 0 Å². The summed E-state index contributed by atoms with van der Waals surface area (Å²) in [5.74, 6) is 0. The third-order valence-electron chi connectivity index (χ3n) is 4.11. The van der Waals surface area contributed by atoms with E-state index in [0.717, 1.165) is 30.0 Å². The summed E-state index contributed by atoms with van der Waals surface area (Å²) in [5.41, 5.74) is 6.40. The maximum Gasteiger partial charge on any atom is 0.243 e. The maximum atomic E-state index is 12.8. The number of fused-ring (bicyclic) bond motifs is 1. The van der Waals surface area contributed by atoms with Gasteiger partial charge in [-0.3, -0.25) is 0 Å². The Morgan fingerprint density at radius 2 is 1.95 bits per heavy atom. The first-order valence-electron chi connectivity index (χ1n) is 6.76. The molecule has 0 unspecified atom stereocenters. The summed E-state index contributed by atoms with van der Waals surface area (Å²) >= 11 is 0. The number of benzene rings is 2. The van der Waals surface area contributed by atoms with Crippen LogP contribution in [0.1, 0.15) is 19.3 Å². The van der Waals surface area contributed by atoms with Gasteiger partial charge in [-0.1, -0.05) is 24.6 Å². The van der Waals surface area contributed by atoms with Gasteiger partial charge in [-0.05, 0) is 36.4 Å². The van der Waals surface area contributed by atoms with E-state index in [1.165, 1.54) is 4.31 Å². The molecule has 0 amide bonds. The molecule has 0 atom stereocenters. The van der Waals surface area contributed by atoms with Gasteiger partial charge in [0.15, 0.2) is 0 Å². The van der Waals surface area contributed by atoms with Crippen molar-refractivity contribution in [3.8, 4) is 0 Å². The number of hydrogen-bond donors (Lipinski definition) is 1. The zero-order valence-corrected chi connectivity index (χ0v) is 12.2. The van der Waals surface area contributed by atoms with Crippen molar-refractivity contribution in [3.63, 3.8) is 0 Å². The molecule has 2 N–H and O–H groups in total. The van der Waals surface area contributed by atoms with Crippen molar-refractivity contribution in [1.82, 2.24) is 4.31 Å². The van der Waals surface area contributed by atoms with Gasteiger partial charge in [0.25, 0.3) is 0 Å². The normalized spacial score (nSPS) is 16.5. The van der Waals surface area contributed by atoms with E-state index in [9.17, 15) is 8.42 Å². The van der Waals surface area contributed by atoms with Crippen molar-refractivity contribution in [2.45, 2.75) is 30.2 Å². The minimum absolute atomic E-state index is 0.143. The van der Waals surface area contributed by atoms with E-state index in [4.69, 9.17) is 5.73 Å². The van der Waals surface area contributed by atoms with Gasteiger partial charge in [-0.15, -0.1) is 0 Å². The SMILES string of the molecule is CN(C1CCC1)S(=O)(=O)c1cccc2cc(N)ccc12. The largest absolute Gasteiger partial charge is 0.399 e. The second-order valence-electron chi connectivity index (χ2n) is 5.34. The monoisotopic (exact) mass is 290 g/mol. The smallest absolute Gasteiger partial charge is 0.243 e. The first kappa shape index (κ1) is 13.4. The van der Waals surface area contributed by atoms with Crippen LogP contribution in [0.25, 0.3) is 10.8 Å². The molecule has 1 saturated carbocycles. The minimum atomic E-state index is -3.45. The Morgan fingerprint density at radius 3 is 2.60 bits per heavy atom. The van der Waals surface area contributed by atoms with Crippen molar-refractivity contribution < 1.29 is 8.42 Å². The van der Waals surface area contributed by atoms with Gasteiger partial charge >= 0.3 is 0 Å². The van der Waals surface area contributed by atoms with Gasteiger partial charge in [0.05, 0.1) is 4.90 Å². The second-order valence-corrected chi connectivity index (χ2v) is 7.31. The minimum Gasteiger partial charge on any atom is -0.399 e. The Kier molecular flexibility index (Phi) is 3.18. The van der Waals surface area contributed by atoms with E-state index < -0.39 is 10.0 Å². The number of nitrogen functional groups attached to an aromatic ring is 1. The number of rotatable bonds is 3. The molecule has 0 heterocycles. The van der Waals surface area contributed by atoms with Gasteiger partial charge in [0.1, 0.15) is 0 Å². The molecule has 0 aliphatic heterocycles. The van der Waals surface area contributed by atoms with Crippen LogP contribution in [-0.4, -0.2) is 25.8 Å². The lowest BCUT2D eigenvalue weighted by molar-refractivity contribution is 0.250. The molecule has 0 saturated heterocycles. The van der Waals surface area contributed by atoms with Gasteiger partial charge in [-0.2, -0.15) is 4.31 Å². The summed E-state index contributed by atoms with van der Waals surface area (Å²) in [7, 11) is -1.77. The number of anilines is 1. The number of hydrogen-bond acceptors (Lipinski definition) is 3. The Balaban J connectivity index is 2.13. The fourth-order valence-corrected chi connectivity index (χ4v) is 4.23. The predicted molar refractivity (Wildman–Crippen MR) is 80.9 cm³/mol. The fraction of sp³-hybridized carbons (Fsp3) is 0.333. The average molecular weight is 290 g/mol. The van der Waals surface area contributed by atoms with Crippen LogP contribution in [-0.2, 0) is 10.0 Å². The van der Waals surface area contributed by atoms with Crippen LogP contribution in [0.4, 0.5) is 5.69 Å². The van der Waals surface area contributed by atoms with E-state index in [-0.39, 0.29) is 6.04 Å². The molecule has 2 aromatic rings. The third kappa shape index (κ3) is 2.07. The standard InChI is InChI=1S/C15H18N2O2S/c1-17(13-5-3-6-13)20(18,19)15-7-2-4-11-10-12(16)8-9-14(11)15/h2,4,7-10,13H,3,5-6,16H2,1H3. The highest BCUT2D eigenvalue weighted by Crippen LogP contribution is 2.32. The second kappa shape index (κ2) is 4.75. The summed E-state index contributed by atoms with van der Waals surface area (Å²) in [4.78, 5) is 0.365. The van der Waals surface area contributed by atoms with Crippen molar-refractivity contribution in [2.75, 3.05) is 12.8 Å². The van der Waals surface area contributed by atoms with E-state index in [0.29, 0.717) is 10.6 Å². The van der Waals surface area contributed by atoms with Crippen LogP contribution >= 0.6 is 0 Å². The molecule has 0 radical (unpaired) electrons. The molecule has 0 bridgehead atoms. The predicted octanol–water partition coefficient (Wildman–Crippen LogP) is 2.60. The van der Waals surface area contributed by atoms with Crippen molar-refractivity contribution in [1.29, 1.82) is 0 Å². The molecular formula is C15H18N2O2S. The summed E-state index contributed by atoms with van der Waals surface area (Å²) in [6, 6.07) is 10.8. The van der Waals surface area contributed by atoms with Crippen LogP contribution in [0.3, 0.4) is 0 Å². The van der Waals surface area contributed by atoms with Crippen LogP contribution < -0.4 is 5.73 Å². The topological polar surface area (TPSA) is 63.4 Å². The number of sulfonamides is 1. The maximum absolute atomic E-state index is 12.8. The lowest BCUT2D eigenvalue weighted by Gasteiger charge is -2.34. The van der Waals surface area contributed by atoms with Gasteiger partial charge < -0.3 is 5.73 Å². The molecule has 1 aliphatic carbocycles. The van der Waals surface area contributed by atoms with E-state index in [1.54, 1.807) is 37.4 Å². The molecule has 3 rings (SSSR count). The Morgan fingerprint density at radius 1 is 1.20 bits per heavy atom. The Labute approximate surface area is 119 Å². The summed E-state index contributed by atoms with van der Waals surface area (Å²) in [5, 5.41) is 1.58. The van der Waals surface area contributed by atoms with Crippen molar-refractivity contribution >= 4 is 26.5 Å². The van der Waals surface area contributed by atoms with Crippen LogP contribution in [0.15, 0.2) is 41.3 Å². The Bertz CT molecular complexity index is 752. The van der Waals surface area contributed by atoms with Crippen LogP contribution in [0.2, 0.25) is 0 Å². The van der Waals surface area contributed by atoms with E-state index in [1.807, 2.05) is 6.07 Å². The summed E-state index contributed by atoms with van der Waals surface area (Å²) in [6.07, 6.45) is 3.01. The molecule has 4 nitrogen and oxygen atoms in total. The molecule has 20 heavy (non-hydrogen) atoms. The van der Waals surface area contributed by atoms with E-state index >= 15 is 0 Å². The fourth-order valence-electron chi connectivity index (χ4n) is 2.60. The number of nitrogens with zero attached hydrogens (tertiary/aromatic N) is 1. The number of nitrogens with two attached hydrogens (primary N) is 1. The first-order chi connectivity index (χ1) is 9.50. The Hall–Kier alpha value is -1.59. The molecule has 0 spiro atoms. The molecule has 106 valence electrons. The highest BCUT2D eigenvalue weighted by molar-refractivity contribution is 7.89.